The standard InChI is InChI=1S/C14H17ClN4O2S/c1-10(2)18-8-13(17-9-18)22(20,21)19-5-3-4-11-6-12(15)7-16-14(11)19/h6-10H,3-5H2,1-2H3. The molecule has 8 heteroatoms. The van der Waals surface area contributed by atoms with Gasteiger partial charge in [-0.15, -0.1) is 0 Å². The number of aromatic nitrogens is 3. The van der Waals surface area contributed by atoms with E-state index in [1.54, 1.807) is 16.8 Å². The molecule has 118 valence electrons. The third kappa shape index (κ3) is 2.59. The lowest BCUT2D eigenvalue weighted by Gasteiger charge is -2.28. The molecule has 2 aromatic rings. The smallest absolute Gasteiger partial charge is 0.284 e. The molecule has 0 N–H and O–H groups in total. The van der Waals surface area contributed by atoms with Crippen molar-refractivity contribution in [3.05, 3.63) is 35.4 Å². The lowest BCUT2D eigenvalue weighted by molar-refractivity contribution is 0.580. The summed E-state index contributed by atoms with van der Waals surface area (Å²) in [5.74, 6) is 0.453. The van der Waals surface area contributed by atoms with Crippen LogP contribution in [-0.2, 0) is 16.4 Å². The fraction of sp³-hybridized carbons (Fsp3) is 0.429. The van der Waals surface area contributed by atoms with Gasteiger partial charge in [-0.05, 0) is 38.3 Å². The average molecular weight is 341 g/mol. The topological polar surface area (TPSA) is 68.1 Å². The highest BCUT2D eigenvalue weighted by atomic mass is 35.5. The van der Waals surface area contributed by atoms with Gasteiger partial charge in [-0.1, -0.05) is 11.6 Å². The molecule has 0 fully saturated rings. The average Bonchev–Trinajstić information content (AvgIpc) is 2.97. The molecular formula is C14H17ClN4O2S. The molecule has 3 heterocycles. The lowest BCUT2D eigenvalue weighted by atomic mass is 10.1. The van der Waals surface area contributed by atoms with E-state index in [0.717, 1.165) is 18.4 Å². The van der Waals surface area contributed by atoms with E-state index in [9.17, 15) is 8.42 Å². The monoisotopic (exact) mass is 340 g/mol. The first-order chi connectivity index (χ1) is 10.4. The Hall–Kier alpha value is -1.60. The van der Waals surface area contributed by atoms with Crippen LogP contribution in [0.2, 0.25) is 5.02 Å². The van der Waals surface area contributed by atoms with Crippen molar-refractivity contribution in [1.82, 2.24) is 14.5 Å². The molecule has 0 bridgehead atoms. The molecule has 0 atom stereocenters. The number of nitrogens with zero attached hydrogens (tertiary/aromatic N) is 4. The first-order valence-electron chi connectivity index (χ1n) is 7.10. The van der Waals surface area contributed by atoms with Crippen LogP contribution < -0.4 is 4.31 Å². The predicted octanol–water partition coefficient (Wildman–Crippen LogP) is 2.65. The van der Waals surface area contributed by atoms with Gasteiger partial charge in [0.05, 0.1) is 11.3 Å². The van der Waals surface area contributed by atoms with E-state index in [0.29, 0.717) is 17.4 Å². The molecule has 0 amide bonds. The number of rotatable bonds is 3. The zero-order valence-corrected chi connectivity index (χ0v) is 14.0. The quantitative estimate of drug-likeness (QED) is 0.861. The summed E-state index contributed by atoms with van der Waals surface area (Å²) < 4.78 is 28.8. The van der Waals surface area contributed by atoms with Gasteiger partial charge in [0.15, 0.2) is 5.03 Å². The summed E-state index contributed by atoms with van der Waals surface area (Å²) in [6.45, 7) is 4.34. The van der Waals surface area contributed by atoms with E-state index in [4.69, 9.17) is 11.6 Å². The number of hydrogen-bond donors (Lipinski definition) is 0. The van der Waals surface area contributed by atoms with Crippen molar-refractivity contribution >= 4 is 27.4 Å². The van der Waals surface area contributed by atoms with Crippen molar-refractivity contribution < 1.29 is 8.42 Å². The molecule has 0 radical (unpaired) electrons. The van der Waals surface area contributed by atoms with Gasteiger partial charge >= 0.3 is 0 Å². The maximum Gasteiger partial charge on any atom is 0.284 e. The Bertz CT molecular complexity index is 801. The number of pyridine rings is 1. The summed E-state index contributed by atoms with van der Waals surface area (Å²) in [5, 5.41) is 0.563. The highest BCUT2D eigenvalue weighted by molar-refractivity contribution is 7.92. The Balaban J connectivity index is 2.03. The summed E-state index contributed by atoms with van der Waals surface area (Å²) in [7, 11) is -3.71. The van der Waals surface area contributed by atoms with E-state index in [1.807, 2.05) is 13.8 Å². The number of halogens is 1. The predicted molar refractivity (Wildman–Crippen MR) is 84.7 cm³/mol. The molecule has 3 rings (SSSR count). The second-order valence-electron chi connectivity index (χ2n) is 5.57. The molecule has 0 saturated carbocycles. The first kappa shape index (κ1) is 15.3. The van der Waals surface area contributed by atoms with Crippen LogP contribution in [0.25, 0.3) is 0 Å². The van der Waals surface area contributed by atoms with Crippen LogP contribution >= 0.6 is 11.6 Å². The van der Waals surface area contributed by atoms with Crippen LogP contribution in [0.5, 0.6) is 0 Å². The SMILES string of the molecule is CC(C)n1cnc(S(=O)(=O)N2CCCc3cc(Cl)cnc32)c1. The van der Waals surface area contributed by atoms with E-state index in [1.165, 1.54) is 16.8 Å². The van der Waals surface area contributed by atoms with Crippen molar-refractivity contribution in [2.24, 2.45) is 0 Å². The highest BCUT2D eigenvalue weighted by Gasteiger charge is 2.32. The molecule has 0 spiro atoms. The molecule has 0 saturated heterocycles. The molecule has 6 nitrogen and oxygen atoms in total. The number of anilines is 1. The second-order valence-corrected chi connectivity index (χ2v) is 7.82. The molecule has 0 aromatic carbocycles. The lowest BCUT2D eigenvalue weighted by Crippen LogP contribution is -2.36. The maximum absolute atomic E-state index is 12.8. The van der Waals surface area contributed by atoms with Gasteiger partial charge in [0.25, 0.3) is 10.0 Å². The van der Waals surface area contributed by atoms with E-state index < -0.39 is 10.0 Å². The van der Waals surface area contributed by atoms with E-state index in [-0.39, 0.29) is 11.1 Å². The van der Waals surface area contributed by atoms with Crippen LogP contribution in [0.4, 0.5) is 5.82 Å². The fourth-order valence-corrected chi connectivity index (χ4v) is 4.08. The Morgan fingerprint density at radius 3 is 2.77 bits per heavy atom. The third-order valence-electron chi connectivity index (χ3n) is 3.68. The normalized spacial score (nSPS) is 15.2. The Kier molecular flexibility index (Phi) is 3.86. The molecule has 1 aliphatic heterocycles. The first-order valence-corrected chi connectivity index (χ1v) is 8.92. The maximum atomic E-state index is 12.8. The van der Waals surface area contributed by atoms with Crippen molar-refractivity contribution in [3.8, 4) is 0 Å². The van der Waals surface area contributed by atoms with Gasteiger partial charge < -0.3 is 4.57 Å². The number of sulfonamides is 1. The number of imidazole rings is 1. The Morgan fingerprint density at radius 2 is 2.09 bits per heavy atom. The van der Waals surface area contributed by atoms with E-state index in [2.05, 4.69) is 9.97 Å². The third-order valence-corrected chi connectivity index (χ3v) is 5.56. The van der Waals surface area contributed by atoms with Crippen LogP contribution in [-0.4, -0.2) is 29.5 Å². The molecule has 1 aliphatic rings. The molecule has 2 aromatic heterocycles. The molecule has 0 unspecified atom stereocenters. The summed E-state index contributed by atoms with van der Waals surface area (Å²) in [6, 6.07) is 1.93. The molecule has 22 heavy (non-hydrogen) atoms. The van der Waals surface area contributed by atoms with Crippen molar-refractivity contribution in [3.63, 3.8) is 0 Å². The minimum Gasteiger partial charge on any atom is -0.334 e. The van der Waals surface area contributed by atoms with Gasteiger partial charge in [-0.3, -0.25) is 0 Å². The van der Waals surface area contributed by atoms with Crippen LogP contribution in [0.15, 0.2) is 29.8 Å². The zero-order valence-electron chi connectivity index (χ0n) is 12.4. The fourth-order valence-electron chi connectivity index (χ4n) is 2.48. The minimum absolute atomic E-state index is 0.0470. The second kappa shape index (κ2) is 5.55. The summed E-state index contributed by atoms with van der Waals surface area (Å²) in [5.41, 5.74) is 0.852. The summed E-state index contributed by atoms with van der Waals surface area (Å²) in [4.78, 5) is 8.27. The molecule has 0 aliphatic carbocycles. The van der Waals surface area contributed by atoms with Gasteiger partial charge in [0, 0.05) is 25.0 Å². The van der Waals surface area contributed by atoms with Crippen molar-refractivity contribution in [1.29, 1.82) is 0 Å². The van der Waals surface area contributed by atoms with Gasteiger partial charge in [0.2, 0.25) is 0 Å². The number of aryl methyl sites for hydroxylation is 1. The Morgan fingerprint density at radius 1 is 1.32 bits per heavy atom. The number of hydrogen-bond acceptors (Lipinski definition) is 4. The Labute approximate surface area is 134 Å². The van der Waals surface area contributed by atoms with Crippen molar-refractivity contribution in [2.45, 2.75) is 37.8 Å². The molecular weight excluding hydrogens is 324 g/mol. The van der Waals surface area contributed by atoms with Crippen molar-refractivity contribution in [2.75, 3.05) is 10.8 Å². The highest BCUT2D eigenvalue weighted by Crippen LogP contribution is 2.31. The summed E-state index contributed by atoms with van der Waals surface area (Å²) in [6.07, 6.45) is 6.08. The van der Waals surface area contributed by atoms with Gasteiger partial charge in [0.1, 0.15) is 5.82 Å². The van der Waals surface area contributed by atoms with Gasteiger partial charge in [-0.2, -0.15) is 8.42 Å². The van der Waals surface area contributed by atoms with E-state index >= 15 is 0 Å². The summed E-state index contributed by atoms with van der Waals surface area (Å²) >= 11 is 5.95. The zero-order chi connectivity index (χ0) is 15.9. The largest absolute Gasteiger partial charge is 0.334 e. The van der Waals surface area contributed by atoms with Crippen LogP contribution in [0, 0.1) is 0 Å². The van der Waals surface area contributed by atoms with Crippen LogP contribution in [0.3, 0.4) is 0 Å². The van der Waals surface area contributed by atoms with Gasteiger partial charge in [-0.25, -0.2) is 14.3 Å². The number of fused-ring (bicyclic) bond motifs is 1. The van der Waals surface area contributed by atoms with Crippen LogP contribution in [0.1, 0.15) is 31.9 Å². The minimum atomic E-state index is -3.71.